The average molecular weight is 591 g/mol. The molecule has 0 bridgehead atoms. The van der Waals surface area contributed by atoms with Crippen LogP contribution in [0, 0.1) is 0 Å². The van der Waals surface area contributed by atoms with Gasteiger partial charge in [0, 0.05) is 27.5 Å². The van der Waals surface area contributed by atoms with Crippen molar-refractivity contribution in [1.29, 1.82) is 0 Å². The third kappa shape index (κ3) is 3.78. The Morgan fingerprint density at radius 2 is 1.36 bits per heavy atom. The maximum atomic E-state index is 7.45. The Kier molecular flexibility index (Phi) is 5.90. The molecule has 5 aromatic carbocycles. The SMILES string of the molecule is COc1ccc(C2(c3ccc(OC)cc3)C=Cc3c4c(c5c(oc6ccccc65)c3O2)-c2ccccc2C2CCCCC42)cc1. The summed E-state index contributed by atoms with van der Waals surface area (Å²) in [7, 11) is 3.39. The van der Waals surface area contributed by atoms with Crippen LogP contribution in [0.5, 0.6) is 17.2 Å². The molecular weight excluding hydrogens is 556 g/mol. The second kappa shape index (κ2) is 10.0. The highest BCUT2D eigenvalue weighted by Gasteiger charge is 2.44. The summed E-state index contributed by atoms with van der Waals surface area (Å²) in [5.74, 6) is 3.36. The Morgan fingerprint density at radius 3 is 2.07 bits per heavy atom. The Morgan fingerprint density at radius 1 is 0.711 bits per heavy atom. The normalized spacial score (nSPS) is 19.2. The highest BCUT2D eigenvalue weighted by Crippen LogP contribution is 2.60. The van der Waals surface area contributed by atoms with Crippen LogP contribution in [0.3, 0.4) is 0 Å². The van der Waals surface area contributed by atoms with Gasteiger partial charge in [-0.3, -0.25) is 0 Å². The number of ether oxygens (including phenoxy) is 3. The number of rotatable bonds is 4. The van der Waals surface area contributed by atoms with Crippen molar-refractivity contribution >= 4 is 28.0 Å². The third-order valence-corrected chi connectivity index (χ3v) is 10.4. The van der Waals surface area contributed by atoms with Gasteiger partial charge < -0.3 is 18.6 Å². The van der Waals surface area contributed by atoms with E-state index in [1.54, 1.807) is 14.2 Å². The van der Waals surface area contributed by atoms with Gasteiger partial charge in [0.15, 0.2) is 16.9 Å². The number of hydrogen-bond donors (Lipinski definition) is 0. The molecule has 4 heteroatoms. The fourth-order valence-electron chi connectivity index (χ4n) is 8.35. The summed E-state index contributed by atoms with van der Waals surface area (Å²) in [5.41, 5.74) is 9.54. The minimum atomic E-state index is -0.885. The molecule has 1 fully saturated rings. The van der Waals surface area contributed by atoms with E-state index in [1.165, 1.54) is 47.9 Å². The quantitative estimate of drug-likeness (QED) is 0.205. The summed E-state index contributed by atoms with van der Waals surface area (Å²) >= 11 is 0. The van der Waals surface area contributed by atoms with Crippen molar-refractivity contribution in [3.05, 3.63) is 131 Å². The zero-order chi connectivity index (χ0) is 30.1. The lowest BCUT2D eigenvalue weighted by Crippen LogP contribution is -2.35. The van der Waals surface area contributed by atoms with Gasteiger partial charge in [0.05, 0.1) is 14.2 Å². The monoisotopic (exact) mass is 590 g/mol. The van der Waals surface area contributed by atoms with E-state index in [0.717, 1.165) is 55.9 Å². The summed E-state index contributed by atoms with van der Waals surface area (Å²) in [5, 5.41) is 2.29. The molecule has 2 atom stereocenters. The third-order valence-electron chi connectivity index (χ3n) is 10.4. The van der Waals surface area contributed by atoms with Gasteiger partial charge >= 0.3 is 0 Å². The summed E-state index contributed by atoms with van der Waals surface area (Å²) in [6.45, 7) is 0. The van der Waals surface area contributed by atoms with Crippen LogP contribution >= 0.6 is 0 Å². The van der Waals surface area contributed by atoms with E-state index in [4.69, 9.17) is 18.6 Å². The summed E-state index contributed by atoms with van der Waals surface area (Å²) in [4.78, 5) is 0. The average Bonchev–Trinajstić information content (AvgIpc) is 3.51. The van der Waals surface area contributed by atoms with E-state index < -0.39 is 5.60 Å². The van der Waals surface area contributed by atoms with Crippen LogP contribution in [0.4, 0.5) is 0 Å². The summed E-state index contributed by atoms with van der Waals surface area (Å²) in [6, 6.07) is 33.9. The van der Waals surface area contributed by atoms with Crippen molar-refractivity contribution in [1.82, 2.24) is 0 Å². The van der Waals surface area contributed by atoms with Crippen molar-refractivity contribution in [3.8, 4) is 28.4 Å². The van der Waals surface area contributed by atoms with Crippen LogP contribution < -0.4 is 14.2 Å². The van der Waals surface area contributed by atoms with Gasteiger partial charge in [-0.1, -0.05) is 85.6 Å². The van der Waals surface area contributed by atoms with E-state index in [0.29, 0.717) is 11.8 Å². The molecule has 6 aromatic rings. The Hall–Kier alpha value is -4.96. The van der Waals surface area contributed by atoms with Gasteiger partial charge in [0.1, 0.15) is 17.1 Å². The van der Waals surface area contributed by atoms with Gasteiger partial charge in [-0.25, -0.2) is 0 Å². The molecule has 0 amide bonds. The van der Waals surface area contributed by atoms with Crippen molar-refractivity contribution in [2.24, 2.45) is 0 Å². The highest BCUT2D eigenvalue weighted by atomic mass is 16.5. The van der Waals surface area contributed by atoms with Gasteiger partial charge in [-0.15, -0.1) is 0 Å². The molecule has 0 radical (unpaired) electrons. The van der Waals surface area contributed by atoms with Crippen LogP contribution in [-0.4, -0.2) is 14.2 Å². The molecule has 4 nitrogen and oxygen atoms in total. The molecule has 1 aromatic heterocycles. The standard InChI is InChI=1S/C41H34O4/c1-42-27-19-15-25(16-20-27)41(26-17-21-28(43-2)22-18-26)24-23-34-36-31-11-5-3-9-29(31)30-10-4-6-12-32(30)37(36)38-33-13-7-8-14-35(33)44-40(38)39(34)45-41/h4,6-8,10,12-24,29,31H,3,5,9,11H2,1-2H3. The minimum absolute atomic E-state index is 0.429. The van der Waals surface area contributed by atoms with Gasteiger partial charge in [-0.05, 0) is 83.3 Å². The molecule has 0 spiro atoms. The molecule has 1 aliphatic heterocycles. The van der Waals surface area contributed by atoms with E-state index in [1.807, 2.05) is 24.3 Å². The lowest BCUT2D eigenvalue weighted by atomic mass is 9.63. The second-order valence-electron chi connectivity index (χ2n) is 12.5. The van der Waals surface area contributed by atoms with E-state index >= 15 is 0 Å². The molecule has 45 heavy (non-hydrogen) atoms. The first-order chi connectivity index (χ1) is 22.2. The molecule has 222 valence electrons. The zero-order valence-electron chi connectivity index (χ0n) is 25.5. The number of para-hydroxylation sites is 1. The van der Waals surface area contributed by atoms with E-state index in [2.05, 4.69) is 84.9 Å². The lowest BCUT2D eigenvalue weighted by molar-refractivity contribution is 0.161. The van der Waals surface area contributed by atoms with Crippen LogP contribution in [-0.2, 0) is 5.60 Å². The van der Waals surface area contributed by atoms with Gasteiger partial charge in [0.25, 0.3) is 0 Å². The first kappa shape index (κ1) is 26.4. The van der Waals surface area contributed by atoms with Gasteiger partial charge in [-0.2, -0.15) is 0 Å². The smallest absolute Gasteiger partial charge is 0.178 e. The Balaban J connectivity index is 1.37. The number of furan rings is 1. The molecule has 2 aliphatic carbocycles. The Labute approximate surface area is 262 Å². The van der Waals surface area contributed by atoms with Crippen LogP contribution in [0.15, 0.2) is 108 Å². The maximum absolute atomic E-state index is 7.45. The number of benzene rings is 5. The minimum Gasteiger partial charge on any atom is -0.497 e. The first-order valence-electron chi connectivity index (χ1n) is 16.0. The fourth-order valence-corrected chi connectivity index (χ4v) is 8.35. The van der Waals surface area contributed by atoms with E-state index in [9.17, 15) is 0 Å². The van der Waals surface area contributed by atoms with Crippen molar-refractivity contribution in [2.45, 2.75) is 43.1 Å². The molecule has 2 heterocycles. The number of methoxy groups -OCH3 is 2. The van der Waals surface area contributed by atoms with Crippen LogP contribution in [0.25, 0.3) is 39.1 Å². The maximum Gasteiger partial charge on any atom is 0.178 e. The van der Waals surface area contributed by atoms with Crippen molar-refractivity contribution < 1.29 is 18.6 Å². The number of fused-ring (bicyclic) bond motifs is 13. The molecule has 3 aliphatic rings. The molecule has 2 unspecified atom stereocenters. The Bertz CT molecular complexity index is 2070. The van der Waals surface area contributed by atoms with Crippen LogP contribution in [0.2, 0.25) is 0 Å². The highest BCUT2D eigenvalue weighted by molar-refractivity contribution is 6.17. The summed E-state index contributed by atoms with van der Waals surface area (Å²) in [6.07, 6.45) is 9.47. The predicted molar refractivity (Wildman–Crippen MR) is 180 cm³/mol. The topological polar surface area (TPSA) is 40.8 Å². The largest absolute Gasteiger partial charge is 0.497 e. The second-order valence-corrected chi connectivity index (χ2v) is 12.5. The molecular formula is C41H34O4. The summed E-state index contributed by atoms with van der Waals surface area (Å²) < 4.78 is 25.3. The van der Waals surface area contributed by atoms with E-state index in [-0.39, 0.29) is 0 Å². The number of hydrogen-bond acceptors (Lipinski definition) is 4. The fraction of sp³-hybridized carbons (Fsp3) is 0.220. The predicted octanol–water partition coefficient (Wildman–Crippen LogP) is 10.4. The van der Waals surface area contributed by atoms with Crippen molar-refractivity contribution in [2.75, 3.05) is 14.2 Å². The lowest BCUT2D eigenvalue weighted by Gasteiger charge is -2.42. The zero-order valence-corrected chi connectivity index (χ0v) is 25.5. The van der Waals surface area contributed by atoms with Crippen LogP contribution in [0.1, 0.15) is 65.3 Å². The molecule has 0 saturated heterocycles. The van der Waals surface area contributed by atoms with Crippen molar-refractivity contribution in [3.63, 3.8) is 0 Å². The molecule has 1 saturated carbocycles. The molecule has 0 N–H and O–H groups in total. The first-order valence-corrected chi connectivity index (χ1v) is 16.0. The van der Waals surface area contributed by atoms with Gasteiger partial charge in [0.2, 0.25) is 0 Å². The molecule has 9 rings (SSSR count).